The first-order valence-corrected chi connectivity index (χ1v) is 10.4. The van der Waals surface area contributed by atoms with Gasteiger partial charge in [0.2, 0.25) is 5.91 Å². The standard InChI is InChI=1S/C23H28Cl2N2O/c1-13-8-19-18(14(2)22(13)27-21(28)12-23(3,4)5)6-7-20(19)26-17-10-15(24)9-16(25)11-17/h8-11,20,26H,6-7,12H2,1-5H3,(H,27,28). The van der Waals surface area contributed by atoms with Crippen molar-refractivity contribution >= 4 is 40.5 Å². The Morgan fingerprint density at radius 3 is 2.36 bits per heavy atom. The molecule has 28 heavy (non-hydrogen) atoms. The highest BCUT2D eigenvalue weighted by atomic mass is 35.5. The molecule has 2 aromatic rings. The molecule has 3 rings (SSSR count). The quantitative estimate of drug-likeness (QED) is 0.556. The Bertz CT molecular complexity index is 896. The van der Waals surface area contributed by atoms with Crippen LogP contribution >= 0.6 is 23.2 Å². The minimum atomic E-state index is -0.0319. The van der Waals surface area contributed by atoms with Gasteiger partial charge in [0.1, 0.15) is 0 Å². The fraction of sp³-hybridized carbons (Fsp3) is 0.435. The first-order chi connectivity index (χ1) is 13.0. The SMILES string of the molecule is Cc1cc2c(c(C)c1NC(=O)CC(C)(C)C)CCC2Nc1cc(Cl)cc(Cl)c1. The summed E-state index contributed by atoms with van der Waals surface area (Å²) in [6.07, 6.45) is 2.48. The van der Waals surface area contributed by atoms with Crippen molar-refractivity contribution in [3.05, 3.63) is 56.6 Å². The lowest BCUT2D eigenvalue weighted by molar-refractivity contribution is -0.117. The highest BCUT2D eigenvalue weighted by Crippen LogP contribution is 2.40. The third kappa shape index (κ3) is 4.82. The van der Waals surface area contributed by atoms with Gasteiger partial charge in [-0.05, 0) is 72.6 Å². The van der Waals surface area contributed by atoms with Crippen LogP contribution in [-0.2, 0) is 11.2 Å². The second kappa shape index (κ2) is 7.96. The molecular formula is C23H28Cl2N2O. The molecule has 3 nitrogen and oxygen atoms in total. The molecule has 150 valence electrons. The molecule has 0 radical (unpaired) electrons. The lowest BCUT2D eigenvalue weighted by atomic mass is 9.91. The highest BCUT2D eigenvalue weighted by Gasteiger charge is 2.27. The Morgan fingerprint density at radius 1 is 1.11 bits per heavy atom. The van der Waals surface area contributed by atoms with Crippen LogP contribution in [0.25, 0.3) is 0 Å². The van der Waals surface area contributed by atoms with Crippen molar-refractivity contribution in [2.75, 3.05) is 10.6 Å². The van der Waals surface area contributed by atoms with Crippen LogP contribution in [0.3, 0.4) is 0 Å². The average Bonchev–Trinajstić information content (AvgIpc) is 2.91. The van der Waals surface area contributed by atoms with E-state index in [-0.39, 0.29) is 17.4 Å². The van der Waals surface area contributed by atoms with Crippen LogP contribution in [0, 0.1) is 19.3 Å². The average molecular weight is 419 g/mol. The number of aryl methyl sites for hydroxylation is 1. The zero-order chi connectivity index (χ0) is 20.6. The van der Waals surface area contributed by atoms with Crippen LogP contribution < -0.4 is 10.6 Å². The number of halogens is 2. The van der Waals surface area contributed by atoms with E-state index in [2.05, 4.69) is 51.3 Å². The maximum absolute atomic E-state index is 12.5. The summed E-state index contributed by atoms with van der Waals surface area (Å²) in [5.41, 5.74) is 6.73. The number of nitrogens with one attached hydrogen (secondary N) is 2. The van der Waals surface area contributed by atoms with Crippen LogP contribution in [0.1, 0.15) is 61.9 Å². The molecule has 1 atom stereocenters. The molecule has 0 saturated heterocycles. The number of benzene rings is 2. The van der Waals surface area contributed by atoms with Gasteiger partial charge in [-0.3, -0.25) is 4.79 Å². The monoisotopic (exact) mass is 418 g/mol. The van der Waals surface area contributed by atoms with Gasteiger partial charge in [-0.25, -0.2) is 0 Å². The normalized spacial score (nSPS) is 16.0. The zero-order valence-corrected chi connectivity index (χ0v) is 18.7. The number of carbonyl (C=O) groups excluding carboxylic acids is 1. The number of carbonyl (C=O) groups is 1. The first kappa shape index (κ1) is 21.0. The molecule has 2 N–H and O–H groups in total. The topological polar surface area (TPSA) is 41.1 Å². The van der Waals surface area contributed by atoms with E-state index in [1.54, 1.807) is 6.07 Å². The third-order valence-electron chi connectivity index (χ3n) is 5.16. The van der Waals surface area contributed by atoms with Crippen molar-refractivity contribution in [3.63, 3.8) is 0 Å². The maximum atomic E-state index is 12.5. The molecule has 0 aromatic heterocycles. The van der Waals surface area contributed by atoms with Gasteiger partial charge in [0.05, 0.1) is 6.04 Å². The molecule has 1 amide bonds. The molecule has 0 heterocycles. The predicted molar refractivity (Wildman–Crippen MR) is 120 cm³/mol. The predicted octanol–water partition coefficient (Wildman–Crippen LogP) is 7.08. The maximum Gasteiger partial charge on any atom is 0.224 e. The summed E-state index contributed by atoms with van der Waals surface area (Å²) in [7, 11) is 0. The summed E-state index contributed by atoms with van der Waals surface area (Å²) in [5, 5.41) is 7.96. The minimum Gasteiger partial charge on any atom is -0.378 e. The molecule has 0 fully saturated rings. The minimum absolute atomic E-state index is 0.0319. The van der Waals surface area contributed by atoms with Gasteiger partial charge in [-0.2, -0.15) is 0 Å². The van der Waals surface area contributed by atoms with E-state index in [4.69, 9.17) is 23.2 Å². The molecule has 0 aliphatic heterocycles. The van der Waals surface area contributed by atoms with Gasteiger partial charge in [0, 0.05) is 27.8 Å². The van der Waals surface area contributed by atoms with Gasteiger partial charge in [-0.15, -0.1) is 0 Å². The van der Waals surface area contributed by atoms with Crippen molar-refractivity contribution in [2.45, 2.75) is 59.9 Å². The van der Waals surface area contributed by atoms with Gasteiger partial charge >= 0.3 is 0 Å². The van der Waals surface area contributed by atoms with Crippen LogP contribution in [0.2, 0.25) is 10.0 Å². The third-order valence-corrected chi connectivity index (χ3v) is 5.60. The number of hydrogen-bond acceptors (Lipinski definition) is 2. The van der Waals surface area contributed by atoms with Gasteiger partial charge in [0.25, 0.3) is 0 Å². The molecular weight excluding hydrogens is 391 g/mol. The lowest BCUT2D eigenvalue weighted by Gasteiger charge is -2.21. The molecule has 0 bridgehead atoms. The van der Waals surface area contributed by atoms with Gasteiger partial charge in [0.15, 0.2) is 0 Å². The lowest BCUT2D eigenvalue weighted by Crippen LogP contribution is -2.21. The number of hydrogen-bond donors (Lipinski definition) is 2. The molecule has 0 saturated carbocycles. The van der Waals surface area contributed by atoms with E-state index in [0.717, 1.165) is 29.8 Å². The first-order valence-electron chi connectivity index (χ1n) is 9.69. The molecule has 1 aliphatic carbocycles. The number of anilines is 2. The molecule has 1 unspecified atom stereocenters. The fourth-order valence-electron chi connectivity index (χ4n) is 3.99. The number of rotatable bonds is 4. The molecule has 1 aliphatic rings. The van der Waals surface area contributed by atoms with Crippen LogP contribution in [0.4, 0.5) is 11.4 Å². The van der Waals surface area contributed by atoms with Crippen molar-refractivity contribution < 1.29 is 4.79 Å². The Labute approximate surface area is 177 Å². The Morgan fingerprint density at radius 2 is 1.75 bits per heavy atom. The zero-order valence-electron chi connectivity index (χ0n) is 17.2. The smallest absolute Gasteiger partial charge is 0.224 e. The Hall–Kier alpha value is -1.71. The summed E-state index contributed by atoms with van der Waals surface area (Å²) in [6, 6.07) is 7.93. The summed E-state index contributed by atoms with van der Waals surface area (Å²) >= 11 is 12.3. The number of amides is 1. The van der Waals surface area contributed by atoms with Crippen molar-refractivity contribution in [2.24, 2.45) is 5.41 Å². The largest absolute Gasteiger partial charge is 0.378 e. The summed E-state index contributed by atoms with van der Waals surface area (Å²) in [5.74, 6) is 0.0693. The Balaban J connectivity index is 1.85. The van der Waals surface area contributed by atoms with Crippen molar-refractivity contribution in [1.82, 2.24) is 0 Å². The van der Waals surface area contributed by atoms with E-state index in [9.17, 15) is 4.79 Å². The summed E-state index contributed by atoms with van der Waals surface area (Å²) in [4.78, 5) is 12.5. The summed E-state index contributed by atoms with van der Waals surface area (Å²) < 4.78 is 0. The highest BCUT2D eigenvalue weighted by molar-refractivity contribution is 6.35. The van der Waals surface area contributed by atoms with Gasteiger partial charge < -0.3 is 10.6 Å². The number of fused-ring (bicyclic) bond motifs is 1. The van der Waals surface area contributed by atoms with Crippen LogP contribution in [-0.4, -0.2) is 5.91 Å². The Kier molecular flexibility index (Phi) is 5.97. The molecule has 2 aromatic carbocycles. The van der Waals surface area contributed by atoms with Gasteiger partial charge in [-0.1, -0.05) is 50.0 Å². The van der Waals surface area contributed by atoms with Crippen LogP contribution in [0.15, 0.2) is 24.3 Å². The molecule has 0 spiro atoms. The van der Waals surface area contributed by atoms with E-state index < -0.39 is 0 Å². The van der Waals surface area contributed by atoms with E-state index in [0.29, 0.717) is 16.5 Å². The molecule has 5 heteroatoms. The van der Waals surface area contributed by atoms with E-state index in [1.165, 1.54) is 16.7 Å². The van der Waals surface area contributed by atoms with Crippen molar-refractivity contribution in [3.8, 4) is 0 Å². The fourth-order valence-corrected chi connectivity index (χ4v) is 4.51. The van der Waals surface area contributed by atoms with E-state index >= 15 is 0 Å². The second-order valence-corrected chi connectivity index (χ2v) is 9.81. The van der Waals surface area contributed by atoms with Crippen LogP contribution in [0.5, 0.6) is 0 Å². The second-order valence-electron chi connectivity index (χ2n) is 8.94. The summed E-state index contributed by atoms with van der Waals surface area (Å²) in [6.45, 7) is 10.4. The van der Waals surface area contributed by atoms with Crippen molar-refractivity contribution in [1.29, 1.82) is 0 Å². The van der Waals surface area contributed by atoms with E-state index in [1.807, 2.05) is 12.1 Å².